The van der Waals surface area contributed by atoms with E-state index >= 15 is 0 Å². The van der Waals surface area contributed by atoms with Crippen LogP contribution in [0, 0.1) is 0 Å². The Hall–Kier alpha value is -4.36. The highest BCUT2D eigenvalue weighted by Gasteiger charge is 2.42. The van der Waals surface area contributed by atoms with Crippen LogP contribution < -0.4 is 11.1 Å². The lowest BCUT2D eigenvalue weighted by atomic mass is 9.80. The highest BCUT2D eigenvalue weighted by Crippen LogP contribution is 2.41. The first kappa shape index (κ1) is 31.1. The third-order valence-electron chi connectivity index (χ3n) is 8.71. The van der Waals surface area contributed by atoms with Gasteiger partial charge in [0, 0.05) is 42.5 Å². The fraction of sp³-hybridized carbons (Fsp3) is 0.351. The average Bonchev–Trinajstić information content (AvgIpc) is 3.37. The summed E-state index contributed by atoms with van der Waals surface area (Å²) in [4.78, 5) is 29.7. The van der Waals surface area contributed by atoms with Crippen LogP contribution in [-0.4, -0.2) is 48.7 Å². The summed E-state index contributed by atoms with van der Waals surface area (Å²) in [5, 5.41) is 3.24. The third kappa shape index (κ3) is 6.89. The molecule has 0 aliphatic carbocycles. The van der Waals surface area contributed by atoms with Gasteiger partial charge < -0.3 is 20.5 Å². The minimum absolute atomic E-state index is 0.227. The van der Waals surface area contributed by atoms with Gasteiger partial charge >= 0.3 is 11.9 Å². The highest BCUT2D eigenvalue weighted by molar-refractivity contribution is 6.00. The molecule has 2 aliphatic rings. The fourth-order valence-electron chi connectivity index (χ4n) is 6.60. The van der Waals surface area contributed by atoms with E-state index < -0.39 is 23.5 Å². The van der Waals surface area contributed by atoms with Crippen LogP contribution in [0.4, 0.5) is 5.69 Å². The molecule has 1 saturated heterocycles. The first-order valence-electron chi connectivity index (χ1n) is 15.5. The minimum atomic E-state index is -0.667. The molecule has 1 unspecified atom stereocenters. The molecule has 3 N–H and O–H groups in total. The maximum Gasteiger partial charge on any atom is 0.337 e. The Kier molecular flexibility index (Phi) is 9.55. The summed E-state index contributed by atoms with van der Waals surface area (Å²) in [6.45, 7) is 10.0. The maximum atomic E-state index is 14.1. The van der Waals surface area contributed by atoms with E-state index in [1.54, 1.807) is 19.1 Å². The lowest BCUT2D eigenvalue weighted by molar-refractivity contribution is -0.152. The molecule has 2 aliphatic heterocycles. The van der Waals surface area contributed by atoms with Crippen LogP contribution in [-0.2, 0) is 19.1 Å². The van der Waals surface area contributed by atoms with Crippen molar-refractivity contribution in [2.75, 3.05) is 32.0 Å². The number of rotatable bonds is 10. The van der Waals surface area contributed by atoms with Gasteiger partial charge in [-0.25, -0.2) is 9.59 Å². The molecule has 0 bridgehead atoms. The van der Waals surface area contributed by atoms with E-state index in [0.29, 0.717) is 34.8 Å². The number of carbonyl (C=O) groups excluding carboxylic acids is 2. The lowest BCUT2D eigenvalue weighted by Crippen LogP contribution is -2.39. The number of dihydropyridines is 1. The molecule has 7 heteroatoms. The first-order valence-corrected chi connectivity index (χ1v) is 15.5. The molecular formula is C37H43N3O4. The number of esters is 2. The molecule has 44 heavy (non-hydrogen) atoms. The van der Waals surface area contributed by atoms with Gasteiger partial charge in [0.2, 0.25) is 0 Å². The zero-order chi connectivity index (χ0) is 31.3. The van der Waals surface area contributed by atoms with Crippen molar-refractivity contribution in [1.82, 2.24) is 10.2 Å². The van der Waals surface area contributed by atoms with Crippen molar-refractivity contribution in [3.63, 3.8) is 0 Å². The van der Waals surface area contributed by atoms with Gasteiger partial charge in [0.1, 0.15) is 5.60 Å². The van der Waals surface area contributed by atoms with Gasteiger partial charge in [-0.3, -0.25) is 4.90 Å². The summed E-state index contributed by atoms with van der Waals surface area (Å²) in [6.07, 6.45) is 1.68. The van der Waals surface area contributed by atoms with E-state index in [9.17, 15) is 9.59 Å². The Labute approximate surface area is 260 Å². The zero-order valence-electron chi connectivity index (χ0n) is 26.1. The molecule has 0 radical (unpaired) electrons. The molecule has 1 fully saturated rings. The Morgan fingerprint density at radius 3 is 2.14 bits per heavy atom. The number of hydrogen-bond donors (Lipinski definition) is 2. The van der Waals surface area contributed by atoms with Crippen LogP contribution in [0.1, 0.15) is 69.1 Å². The van der Waals surface area contributed by atoms with Crippen LogP contribution in [0.25, 0.3) is 0 Å². The molecular weight excluding hydrogens is 550 g/mol. The second kappa shape index (κ2) is 13.5. The van der Waals surface area contributed by atoms with E-state index in [0.717, 1.165) is 31.5 Å². The summed E-state index contributed by atoms with van der Waals surface area (Å²) < 4.78 is 11.8. The number of hydrogen-bond acceptors (Lipinski definition) is 7. The number of carbonyl (C=O) groups is 2. The molecule has 3 aromatic carbocycles. The lowest BCUT2D eigenvalue weighted by Gasteiger charge is -2.33. The van der Waals surface area contributed by atoms with E-state index in [1.165, 1.54) is 11.1 Å². The van der Waals surface area contributed by atoms with Gasteiger partial charge in [-0.05, 0) is 69.5 Å². The topological polar surface area (TPSA) is 93.9 Å². The number of nitrogens with one attached hydrogen (secondary N) is 1. The predicted octanol–water partition coefficient (Wildman–Crippen LogP) is 6.30. The third-order valence-corrected chi connectivity index (χ3v) is 8.71. The largest absolute Gasteiger partial charge is 0.463 e. The van der Waals surface area contributed by atoms with Crippen molar-refractivity contribution in [2.45, 2.75) is 58.0 Å². The number of ether oxygens (including phenoxy) is 2. The van der Waals surface area contributed by atoms with Gasteiger partial charge in [-0.2, -0.15) is 0 Å². The molecule has 2 heterocycles. The molecule has 0 amide bonds. The van der Waals surface area contributed by atoms with Crippen molar-refractivity contribution >= 4 is 17.6 Å². The number of likely N-dealkylation sites (tertiary alicyclic amines) is 1. The maximum absolute atomic E-state index is 14.1. The van der Waals surface area contributed by atoms with Crippen LogP contribution in [0.15, 0.2) is 107 Å². The van der Waals surface area contributed by atoms with Crippen LogP contribution in [0.5, 0.6) is 0 Å². The Bertz CT molecular complexity index is 1510. The quantitative estimate of drug-likeness (QED) is 0.211. The molecule has 0 aromatic heterocycles. The zero-order valence-corrected chi connectivity index (χ0v) is 26.1. The average molecular weight is 594 g/mol. The number of anilines is 1. The number of nitrogens with two attached hydrogens (primary N) is 1. The predicted molar refractivity (Wildman–Crippen MR) is 174 cm³/mol. The normalized spacial score (nSPS) is 20.5. The minimum Gasteiger partial charge on any atom is -0.463 e. The van der Waals surface area contributed by atoms with Gasteiger partial charge in [0.05, 0.1) is 23.7 Å². The number of nitrogen functional groups attached to an aromatic ring is 1. The summed E-state index contributed by atoms with van der Waals surface area (Å²) >= 11 is 0. The van der Waals surface area contributed by atoms with Gasteiger partial charge in [-0.15, -0.1) is 0 Å². The van der Waals surface area contributed by atoms with Gasteiger partial charge in [0.25, 0.3) is 0 Å². The number of benzene rings is 3. The van der Waals surface area contributed by atoms with Gasteiger partial charge in [-0.1, -0.05) is 72.8 Å². The highest BCUT2D eigenvalue weighted by atomic mass is 16.6. The van der Waals surface area contributed by atoms with E-state index in [-0.39, 0.29) is 12.5 Å². The number of nitrogens with zero attached hydrogens (tertiary/aromatic N) is 1. The first-order chi connectivity index (χ1) is 21.2. The Morgan fingerprint density at radius 2 is 1.55 bits per heavy atom. The molecule has 5 rings (SSSR count). The summed E-state index contributed by atoms with van der Waals surface area (Å²) in [5.74, 6) is -1.28. The standard InChI is InChI=1S/C37H43N3O4/c1-5-43-35(41)32-25(2)39-26(3)33(34(32)29-17-12-18-30(38)23-29)36(42)44-37(4)20-22-40(24-37)21-19-31(27-13-8-6-9-14-27)28-15-10-7-11-16-28/h6-18,23,31,34,39H,5,19-22,24,38H2,1-4H3/t34?,37-/m1/s1. The molecule has 3 aromatic rings. The van der Waals surface area contributed by atoms with Crippen molar-refractivity contribution in [3.8, 4) is 0 Å². The second-order valence-electron chi connectivity index (χ2n) is 12.1. The summed E-state index contributed by atoms with van der Waals surface area (Å²) in [6, 6.07) is 28.6. The van der Waals surface area contributed by atoms with Crippen LogP contribution >= 0.6 is 0 Å². The fourth-order valence-corrected chi connectivity index (χ4v) is 6.60. The van der Waals surface area contributed by atoms with E-state index in [1.807, 2.05) is 32.9 Å². The van der Waals surface area contributed by atoms with Crippen LogP contribution in [0.2, 0.25) is 0 Å². The molecule has 0 spiro atoms. The second-order valence-corrected chi connectivity index (χ2v) is 12.1. The number of allylic oxidation sites excluding steroid dienone is 2. The Morgan fingerprint density at radius 1 is 0.932 bits per heavy atom. The van der Waals surface area contributed by atoms with E-state index in [4.69, 9.17) is 15.2 Å². The molecule has 0 saturated carbocycles. The van der Waals surface area contributed by atoms with Crippen molar-refractivity contribution in [1.29, 1.82) is 0 Å². The molecule has 230 valence electrons. The van der Waals surface area contributed by atoms with E-state index in [2.05, 4.69) is 70.9 Å². The molecule has 2 atom stereocenters. The summed E-state index contributed by atoms with van der Waals surface area (Å²) in [5.41, 5.74) is 11.5. The van der Waals surface area contributed by atoms with Crippen molar-refractivity contribution in [3.05, 3.63) is 124 Å². The van der Waals surface area contributed by atoms with Gasteiger partial charge in [0.15, 0.2) is 0 Å². The van der Waals surface area contributed by atoms with Crippen LogP contribution in [0.3, 0.4) is 0 Å². The monoisotopic (exact) mass is 593 g/mol. The molecule has 7 nitrogen and oxygen atoms in total. The summed E-state index contributed by atoms with van der Waals surface area (Å²) in [7, 11) is 0. The van der Waals surface area contributed by atoms with Crippen molar-refractivity contribution in [2.24, 2.45) is 0 Å². The smallest absolute Gasteiger partial charge is 0.337 e. The Balaban J connectivity index is 1.33. The van der Waals surface area contributed by atoms with Crippen molar-refractivity contribution < 1.29 is 19.1 Å². The SMILES string of the molecule is CCOC(=O)C1=C(C)NC(C)=C(C(=O)O[C@]2(C)CCN(CCC(c3ccccc3)c3ccccc3)C2)C1c1cccc(N)c1.